The van der Waals surface area contributed by atoms with Crippen molar-refractivity contribution in [2.45, 2.75) is 129 Å². The van der Waals surface area contributed by atoms with Gasteiger partial charge in [-0.1, -0.05) is 90.9 Å². The van der Waals surface area contributed by atoms with Crippen LogP contribution in [0.25, 0.3) is 0 Å². The predicted molar refractivity (Wildman–Crippen MR) is 120 cm³/mol. The Morgan fingerprint density at radius 1 is 0.593 bits per heavy atom. The van der Waals surface area contributed by atoms with Gasteiger partial charge in [0.1, 0.15) is 0 Å². The average molecular weight is 383 g/mol. The summed E-state index contributed by atoms with van der Waals surface area (Å²) in [6, 6.07) is 0. The molecule has 0 aromatic heterocycles. The van der Waals surface area contributed by atoms with E-state index in [1.165, 1.54) is 133 Å². The highest BCUT2D eigenvalue weighted by Gasteiger charge is 2.28. The summed E-state index contributed by atoms with van der Waals surface area (Å²) in [4.78, 5) is 0. The zero-order valence-electron chi connectivity index (χ0n) is 19.3. The van der Waals surface area contributed by atoms with E-state index >= 15 is 0 Å². The zero-order chi connectivity index (χ0) is 19.6. The molecule has 1 heterocycles. The molecule has 2 nitrogen and oxygen atoms in total. The second-order valence-corrected chi connectivity index (χ2v) is 9.48. The number of ether oxygens (including phenoxy) is 1. The van der Waals surface area contributed by atoms with Gasteiger partial charge in [0.05, 0.1) is 39.4 Å². The van der Waals surface area contributed by atoms with E-state index in [2.05, 4.69) is 20.9 Å². The number of epoxide rings is 1. The monoisotopic (exact) mass is 382 g/mol. The zero-order valence-corrected chi connectivity index (χ0v) is 19.3. The molecule has 1 aliphatic heterocycles. The smallest absolute Gasteiger partial charge is 0.0863 e. The van der Waals surface area contributed by atoms with Gasteiger partial charge in [0.25, 0.3) is 0 Å². The molecule has 0 aromatic carbocycles. The summed E-state index contributed by atoms with van der Waals surface area (Å²) in [6.07, 6.45) is 24.8. The second-order valence-electron chi connectivity index (χ2n) is 9.48. The number of hydrogen-bond acceptors (Lipinski definition) is 1. The Hall–Kier alpha value is -0.0800. The first kappa shape index (κ1) is 25.0. The van der Waals surface area contributed by atoms with Crippen molar-refractivity contribution in [3.05, 3.63) is 0 Å². The summed E-state index contributed by atoms with van der Waals surface area (Å²) >= 11 is 0. The molecule has 1 unspecified atom stereocenters. The molecule has 0 saturated carbocycles. The SMILES string of the molecule is CCCCCCCCCC[N+](C)(CCCCCCCCCC)CCC1CO1. The Balaban J connectivity index is 2.09. The third-order valence-corrected chi connectivity index (χ3v) is 6.50. The van der Waals surface area contributed by atoms with E-state index in [4.69, 9.17) is 4.74 Å². The van der Waals surface area contributed by atoms with Crippen LogP contribution in [0.1, 0.15) is 123 Å². The maximum Gasteiger partial charge on any atom is 0.0863 e. The van der Waals surface area contributed by atoms with E-state index < -0.39 is 0 Å². The predicted octanol–water partition coefficient (Wildman–Crippen LogP) is 7.50. The normalized spacial score (nSPS) is 16.8. The fraction of sp³-hybridized carbons (Fsp3) is 1.00. The van der Waals surface area contributed by atoms with Crippen LogP contribution in [-0.4, -0.2) is 43.9 Å². The Morgan fingerprint density at radius 2 is 0.963 bits per heavy atom. The van der Waals surface area contributed by atoms with Crippen LogP contribution in [0.3, 0.4) is 0 Å². The van der Waals surface area contributed by atoms with Gasteiger partial charge in [-0.25, -0.2) is 0 Å². The third kappa shape index (κ3) is 15.5. The number of hydrogen-bond donors (Lipinski definition) is 0. The summed E-state index contributed by atoms with van der Waals surface area (Å²) in [5.41, 5.74) is 0. The molecule has 0 amide bonds. The molecule has 0 spiro atoms. The van der Waals surface area contributed by atoms with Crippen LogP contribution in [0, 0.1) is 0 Å². The van der Waals surface area contributed by atoms with Crippen molar-refractivity contribution in [1.29, 1.82) is 0 Å². The lowest BCUT2D eigenvalue weighted by atomic mass is 10.1. The Labute approximate surface area is 172 Å². The number of unbranched alkanes of at least 4 members (excludes halogenated alkanes) is 14. The van der Waals surface area contributed by atoms with Gasteiger partial charge in [-0.15, -0.1) is 0 Å². The number of rotatable bonds is 21. The molecule has 0 aromatic rings. The van der Waals surface area contributed by atoms with E-state index in [0.717, 1.165) is 6.61 Å². The van der Waals surface area contributed by atoms with Gasteiger partial charge in [-0.3, -0.25) is 0 Å². The highest BCUT2D eigenvalue weighted by Crippen LogP contribution is 2.19. The highest BCUT2D eigenvalue weighted by molar-refractivity contribution is 4.68. The van der Waals surface area contributed by atoms with Crippen LogP contribution in [-0.2, 0) is 4.74 Å². The molecule has 2 heteroatoms. The molecular formula is C25H52NO+. The van der Waals surface area contributed by atoms with E-state index in [9.17, 15) is 0 Å². The van der Waals surface area contributed by atoms with Gasteiger partial charge in [0, 0.05) is 6.42 Å². The van der Waals surface area contributed by atoms with Crippen LogP contribution in [0.4, 0.5) is 0 Å². The molecule has 0 bridgehead atoms. The largest absolute Gasteiger partial charge is 0.373 e. The summed E-state index contributed by atoms with van der Waals surface area (Å²) in [6.45, 7) is 9.74. The Morgan fingerprint density at radius 3 is 1.33 bits per heavy atom. The molecule has 0 N–H and O–H groups in total. The van der Waals surface area contributed by atoms with Crippen LogP contribution in [0.15, 0.2) is 0 Å². The van der Waals surface area contributed by atoms with Crippen molar-refractivity contribution >= 4 is 0 Å². The minimum absolute atomic E-state index is 0.597. The molecule has 1 fully saturated rings. The molecule has 1 saturated heterocycles. The maximum absolute atomic E-state index is 5.47. The van der Waals surface area contributed by atoms with Crippen molar-refractivity contribution < 1.29 is 9.22 Å². The van der Waals surface area contributed by atoms with Crippen LogP contribution in [0.5, 0.6) is 0 Å². The molecule has 1 aliphatic rings. The molecule has 1 atom stereocenters. The molecular weight excluding hydrogens is 330 g/mol. The molecule has 162 valence electrons. The van der Waals surface area contributed by atoms with Crippen molar-refractivity contribution in [3.8, 4) is 0 Å². The van der Waals surface area contributed by atoms with E-state index in [1.807, 2.05) is 0 Å². The van der Waals surface area contributed by atoms with Crippen LogP contribution >= 0.6 is 0 Å². The fourth-order valence-corrected chi connectivity index (χ4v) is 4.28. The van der Waals surface area contributed by atoms with Crippen molar-refractivity contribution in [3.63, 3.8) is 0 Å². The lowest BCUT2D eigenvalue weighted by Gasteiger charge is -2.35. The minimum atomic E-state index is 0.597. The third-order valence-electron chi connectivity index (χ3n) is 6.50. The van der Waals surface area contributed by atoms with E-state index in [-0.39, 0.29) is 0 Å². The Kier molecular flexibility index (Phi) is 15.6. The summed E-state index contributed by atoms with van der Waals surface area (Å²) in [7, 11) is 2.52. The molecule has 1 rings (SSSR count). The summed E-state index contributed by atoms with van der Waals surface area (Å²) in [5, 5.41) is 0. The Bertz CT molecular complexity index is 293. The number of nitrogens with zero attached hydrogens (tertiary/aromatic N) is 1. The fourth-order valence-electron chi connectivity index (χ4n) is 4.28. The maximum atomic E-state index is 5.47. The average Bonchev–Trinajstić information content (AvgIpc) is 3.49. The van der Waals surface area contributed by atoms with Gasteiger partial charge < -0.3 is 9.22 Å². The van der Waals surface area contributed by atoms with E-state index in [1.54, 1.807) is 0 Å². The van der Waals surface area contributed by atoms with E-state index in [0.29, 0.717) is 6.10 Å². The standard InChI is InChI=1S/C25H52NO/c1-4-6-8-10-12-14-16-18-21-26(3,23-20-25-24-27-25)22-19-17-15-13-11-9-7-5-2/h25H,4-24H2,1-3H3/q+1. The quantitative estimate of drug-likeness (QED) is 0.114. The first-order valence-electron chi connectivity index (χ1n) is 12.7. The lowest BCUT2D eigenvalue weighted by molar-refractivity contribution is -0.910. The number of quaternary nitrogens is 1. The lowest BCUT2D eigenvalue weighted by Crippen LogP contribution is -2.46. The summed E-state index contributed by atoms with van der Waals surface area (Å²) in [5.74, 6) is 0. The van der Waals surface area contributed by atoms with Gasteiger partial charge >= 0.3 is 0 Å². The van der Waals surface area contributed by atoms with Crippen LogP contribution < -0.4 is 0 Å². The van der Waals surface area contributed by atoms with Gasteiger partial charge in [0.2, 0.25) is 0 Å². The first-order valence-corrected chi connectivity index (χ1v) is 12.7. The van der Waals surface area contributed by atoms with Gasteiger partial charge in [-0.2, -0.15) is 0 Å². The van der Waals surface area contributed by atoms with Gasteiger partial charge in [0.15, 0.2) is 0 Å². The summed E-state index contributed by atoms with van der Waals surface area (Å²) < 4.78 is 6.77. The van der Waals surface area contributed by atoms with Crippen molar-refractivity contribution in [1.82, 2.24) is 0 Å². The minimum Gasteiger partial charge on any atom is -0.373 e. The second kappa shape index (κ2) is 16.8. The van der Waals surface area contributed by atoms with Crippen molar-refractivity contribution in [2.24, 2.45) is 0 Å². The highest BCUT2D eigenvalue weighted by atomic mass is 16.6. The molecule has 0 aliphatic carbocycles. The first-order chi connectivity index (χ1) is 13.2. The van der Waals surface area contributed by atoms with Crippen LogP contribution in [0.2, 0.25) is 0 Å². The van der Waals surface area contributed by atoms with Gasteiger partial charge in [-0.05, 0) is 25.7 Å². The molecule has 27 heavy (non-hydrogen) atoms. The molecule has 0 radical (unpaired) electrons. The topological polar surface area (TPSA) is 12.5 Å². The van der Waals surface area contributed by atoms with Crippen molar-refractivity contribution in [2.75, 3.05) is 33.3 Å².